The van der Waals surface area contributed by atoms with E-state index in [0.717, 1.165) is 11.4 Å². The number of hydrogen-bond donors (Lipinski definition) is 1. The molecule has 146 valence electrons. The van der Waals surface area contributed by atoms with Crippen LogP contribution in [0.25, 0.3) is 5.82 Å². The van der Waals surface area contributed by atoms with Crippen molar-refractivity contribution in [3.63, 3.8) is 0 Å². The Hall–Kier alpha value is -3.27. The van der Waals surface area contributed by atoms with Crippen LogP contribution in [0.2, 0.25) is 5.02 Å². The van der Waals surface area contributed by atoms with Gasteiger partial charge in [-0.25, -0.2) is 14.5 Å². The lowest BCUT2D eigenvalue weighted by Crippen LogP contribution is -2.17. The molecule has 0 spiro atoms. The van der Waals surface area contributed by atoms with E-state index in [2.05, 4.69) is 25.0 Å². The summed E-state index contributed by atoms with van der Waals surface area (Å²) in [5.74, 6) is 0.365. The highest BCUT2D eigenvalue weighted by molar-refractivity contribution is 6.33. The molecule has 0 radical (unpaired) electrons. The second-order valence-electron chi connectivity index (χ2n) is 6.22. The van der Waals surface area contributed by atoms with Crippen molar-refractivity contribution in [1.29, 1.82) is 0 Å². The van der Waals surface area contributed by atoms with Gasteiger partial charge in [-0.1, -0.05) is 11.6 Å². The van der Waals surface area contributed by atoms with Crippen LogP contribution >= 0.6 is 11.6 Å². The van der Waals surface area contributed by atoms with Gasteiger partial charge in [0.05, 0.1) is 10.7 Å². The summed E-state index contributed by atoms with van der Waals surface area (Å²) in [6.07, 6.45) is 0. The minimum atomic E-state index is -0.709. The fraction of sp³-hybridized carbons (Fsp3) is 0.294. The maximum absolute atomic E-state index is 12.5. The highest BCUT2D eigenvalue weighted by atomic mass is 35.5. The van der Waals surface area contributed by atoms with E-state index >= 15 is 0 Å². The van der Waals surface area contributed by atoms with Gasteiger partial charge in [-0.05, 0) is 32.0 Å². The standard InChI is InChI=1S/C17H19ClN8O2/c1-9-7-10(2)26(24-9)13-6-5-11(18)14(22-13)15(27)28-8-12-20-16(19)23-17(21-12)25(3)4/h5-7H,8H2,1-4H3,(H2,19,20,21,23). The van der Waals surface area contributed by atoms with Crippen LogP contribution in [0.1, 0.15) is 27.7 Å². The summed E-state index contributed by atoms with van der Waals surface area (Å²) in [5, 5.41) is 4.52. The number of nitrogen functional groups attached to an aromatic ring is 1. The zero-order valence-corrected chi connectivity index (χ0v) is 16.6. The molecule has 0 bridgehead atoms. The van der Waals surface area contributed by atoms with Gasteiger partial charge < -0.3 is 15.4 Å². The lowest BCUT2D eigenvalue weighted by atomic mass is 10.3. The maximum atomic E-state index is 12.5. The molecule has 0 atom stereocenters. The number of nitrogens with zero attached hydrogens (tertiary/aromatic N) is 7. The average molecular weight is 403 g/mol. The van der Waals surface area contributed by atoms with Gasteiger partial charge in [0, 0.05) is 19.8 Å². The molecular weight excluding hydrogens is 384 g/mol. The largest absolute Gasteiger partial charge is 0.453 e. The Balaban J connectivity index is 1.81. The zero-order chi connectivity index (χ0) is 20.4. The summed E-state index contributed by atoms with van der Waals surface area (Å²) in [4.78, 5) is 30.6. The Labute approximate surface area is 166 Å². The van der Waals surface area contributed by atoms with E-state index in [4.69, 9.17) is 22.1 Å². The van der Waals surface area contributed by atoms with E-state index in [9.17, 15) is 4.79 Å². The van der Waals surface area contributed by atoms with Gasteiger partial charge in [0.2, 0.25) is 11.9 Å². The second-order valence-corrected chi connectivity index (χ2v) is 6.63. The van der Waals surface area contributed by atoms with Crippen LogP contribution in [0.3, 0.4) is 0 Å². The molecule has 0 fully saturated rings. The van der Waals surface area contributed by atoms with Crippen LogP contribution in [-0.4, -0.2) is 49.8 Å². The smallest absolute Gasteiger partial charge is 0.359 e. The van der Waals surface area contributed by atoms with E-state index < -0.39 is 5.97 Å². The Kier molecular flexibility index (Phi) is 5.41. The van der Waals surface area contributed by atoms with Crippen molar-refractivity contribution in [3.8, 4) is 5.82 Å². The van der Waals surface area contributed by atoms with Crippen LogP contribution in [0.5, 0.6) is 0 Å². The monoisotopic (exact) mass is 402 g/mol. The fourth-order valence-electron chi connectivity index (χ4n) is 2.44. The van der Waals surface area contributed by atoms with Gasteiger partial charge in [-0.15, -0.1) is 0 Å². The predicted molar refractivity (Wildman–Crippen MR) is 104 cm³/mol. The molecule has 28 heavy (non-hydrogen) atoms. The number of halogens is 1. The van der Waals surface area contributed by atoms with Crippen molar-refractivity contribution in [3.05, 3.63) is 46.1 Å². The first-order chi connectivity index (χ1) is 13.2. The van der Waals surface area contributed by atoms with E-state index in [1.165, 1.54) is 0 Å². The van der Waals surface area contributed by atoms with Crippen molar-refractivity contribution >= 4 is 29.5 Å². The van der Waals surface area contributed by atoms with Gasteiger partial charge in [-0.2, -0.15) is 20.1 Å². The number of aryl methyl sites for hydroxylation is 2. The van der Waals surface area contributed by atoms with Gasteiger partial charge in [-0.3, -0.25) is 0 Å². The number of carbonyl (C=O) groups is 1. The molecule has 0 aliphatic heterocycles. The van der Waals surface area contributed by atoms with Crippen LogP contribution in [0.4, 0.5) is 11.9 Å². The van der Waals surface area contributed by atoms with Crippen molar-refractivity contribution < 1.29 is 9.53 Å². The summed E-state index contributed by atoms with van der Waals surface area (Å²) in [7, 11) is 3.53. The lowest BCUT2D eigenvalue weighted by Gasteiger charge is -2.12. The van der Waals surface area contributed by atoms with E-state index in [0.29, 0.717) is 11.8 Å². The Morgan fingerprint density at radius 2 is 1.96 bits per heavy atom. The summed E-state index contributed by atoms with van der Waals surface area (Å²) >= 11 is 6.14. The van der Waals surface area contributed by atoms with Gasteiger partial charge in [0.1, 0.15) is 0 Å². The molecule has 0 aromatic carbocycles. The second kappa shape index (κ2) is 7.77. The SMILES string of the molecule is Cc1cc(C)n(-c2ccc(Cl)c(C(=O)OCc3nc(N)nc(N(C)C)n3)n2)n1. The van der Waals surface area contributed by atoms with E-state index in [-0.39, 0.29) is 29.1 Å². The Morgan fingerprint density at radius 3 is 2.61 bits per heavy atom. The van der Waals surface area contributed by atoms with Gasteiger partial charge in [0.25, 0.3) is 0 Å². The van der Waals surface area contributed by atoms with Crippen molar-refractivity contribution in [1.82, 2.24) is 29.7 Å². The molecule has 3 aromatic heterocycles. The molecule has 0 saturated heterocycles. The molecule has 3 heterocycles. The lowest BCUT2D eigenvalue weighted by molar-refractivity contribution is 0.0455. The molecule has 10 nitrogen and oxygen atoms in total. The first-order valence-electron chi connectivity index (χ1n) is 8.29. The zero-order valence-electron chi connectivity index (χ0n) is 15.8. The molecular formula is C17H19ClN8O2. The number of rotatable bonds is 5. The predicted octanol–water partition coefficient (Wildman–Crippen LogP) is 1.73. The van der Waals surface area contributed by atoms with Crippen LogP contribution in [-0.2, 0) is 11.3 Å². The number of aromatic nitrogens is 6. The maximum Gasteiger partial charge on any atom is 0.359 e. The number of carbonyl (C=O) groups excluding carboxylic acids is 1. The Morgan fingerprint density at radius 1 is 1.21 bits per heavy atom. The third kappa shape index (κ3) is 4.17. The summed E-state index contributed by atoms with van der Waals surface area (Å²) < 4.78 is 6.89. The quantitative estimate of drug-likeness (QED) is 0.635. The number of ether oxygens (including phenoxy) is 1. The van der Waals surface area contributed by atoms with E-state index in [1.807, 2.05) is 19.9 Å². The average Bonchev–Trinajstić information content (AvgIpc) is 2.98. The molecule has 0 amide bonds. The van der Waals surface area contributed by atoms with Crippen molar-refractivity contribution in [2.75, 3.05) is 24.7 Å². The highest BCUT2D eigenvalue weighted by Crippen LogP contribution is 2.19. The molecule has 0 aliphatic rings. The van der Waals surface area contributed by atoms with Crippen molar-refractivity contribution in [2.24, 2.45) is 0 Å². The summed E-state index contributed by atoms with van der Waals surface area (Å²) in [6.45, 7) is 3.56. The van der Waals surface area contributed by atoms with Crippen LogP contribution < -0.4 is 10.6 Å². The highest BCUT2D eigenvalue weighted by Gasteiger charge is 2.18. The molecule has 0 saturated carbocycles. The van der Waals surface area contributed by atoms with E-state index in [1.54, 1.807) is 35.8 Å². The molecule has 2 N–H and O–H groups in total. The molecule has 3 aromatic rings. The van der Waals surface area contributed by atoms with Gasteiger partial charge >= 0.3 is 5.97 Å². The summed E-state index contributed by atoms with van der Waals surface area (Å²) in [5.41, 5.74) is 7.35. The minimum Gasteiger partial charge on any atom is -0.453 e. The minimum absolute atomic E-state index is 0.0263. The fourth-order valence-corrected chi connectivity index (χ4v) is 2.62. The van der Waals surface area contributed by atoms with Crippen molar-refractivity contribution in [2.45, 2.75) is 20.5 Å². The number of esters is 1. The number of hydrogen-bond acceptors (Lipinski definition) is 9. The first kappa shape index (κ1) is 19.5. The first-order valence-corrected chi connectivity index (χ1v) is 8.67. The third-order valence-corrected chi connectivity index (χ3v) is 3.98. The van der Waals surface area contributed by atoms with Crippen LogP contribution in [0, 0.1) is 13.8 Å². The number of nitrogens with two attached hydrogens (primary N) is 1. The third-order valence-electron chi connectivity index (χ3n) is 3.67. The van der Waals surface area contributed by atoms with Crippen LogP contribution in [0.15, 0.2) is 18.2 Å². The molecule has 0 unspecified atom stereocenters. The number of anilines is 2. The molecule has 11 heteroatoms. The Bertz CT molecular complexity index is 1030. The molecule has 3 rings (SSSR count). The number of pyridine rings is 1. The van der Waals surface area contributed by atoms with Gasteiger partial charge in [0.15, 0.2) is 23.9 Å². The summed E-state index contributed by atoms with van der Waals surface area (Å²) in [6, 6.07) is 5.15. The molecule has 0 aliphatic carbocycles. The normalized spacial score (nSPS) is 10.8. The topological polar surface area (TPSA) is 125 Å².